The maximum Gasteiger partial charge on any atom is 0.230 e. The van der Waals surface area contributed by atoms with Crippen molar-refractivity contribution in [2.45, 2.75) is 20.3 Å². The number of hydrogen-bond donors (Lipinski definition) is 1. The molecule has 1 aliphatic rings. The lowest BCUT2D eigenvalue weighted by atomic mass is 10.1. The number of benzene rings is 1. The highest BCUT2D eigenvalue weighted by Crippen LogP contribution is 2.34. The van der Waals surface area contributed by atoms with Crippen molar-refractivity contribution in [3.63, 3.8) is 0 Å². The Hall–Kier alpha value is -2.89. The number of carbonyl (C=O) groups is 2. The number of nitrogens with zero attached hydrogens (tertiary/aromatic N) is 2. The second-order valence-electron chi connectivity index (χ2n) is 6.29. The van der Waals surface area contributed by atoms with Gasteiger partial charge in [0.1, 0.15) is 11.6 Å². The fourth-order valence-electron chi connectivity index (χ4n) is 2.96. The first kappa shape index (κ1) is 17.0. The minimum atomic E-state index is -0.417. The summed E-state index contributed by atoms with van der Waals surface area (Å²) >= 11 is 0. The number of hydrogen-bond acceptors (Lipinski definition) is 4. The third-order valence-corrected chi connectivity index (χ3v) is 4.29. The molecule has 6 nitrogen and oxygen atoms in total. The average Bonchev–Trinajstić information content (AvgIpc) is 2.96. The van der Waals surface area contributed by atoms with Gasteiger partial charge in [-0.2, -0.15) is 0 Å². The van der Waals surface area contributed by atoms with Crippen LogP contribution in [0.4, 0.5) is 11.5 Å². The molecular formula is C19H21N3O3. The molecule has 0 spiro atoms. The second-order valence-corrected chi connectivity index (χ2v) is 6.29. The molecule has 6 heteroatoms. The highest BCUT2D eigenvalue weighted by atomic mass is 16.5. The Kier molecular flexibility index (Phi) is 4.70. The summed E-state index contributed by atoms with van der Waals surface area (Å²) in [4.78, 5) is 30.7. The summed E-state index contributed by atoms with van der Waals surface area (Å²) in [6, 6.07) is 9.33. The van der Waals surface area contributed by atoms with Crippen LogP contribution in [0.25, 0.3) is 0 Å². The molecule has 2 aromatic rings. The normalized spacial score (nSPS) is 16.8. The van der Waals surface area contributed by atoms with E-state index in [4.69, 9.17) is 4.74 Å². The lowest BCUT2D eigenvalue weighted by Crippen LogP contribution is -2.28. The van der Waals surface area contributed by atoms with Crippen LogP contribution in [0.3, 0.4) is 0 Å². The van der Waals surface area contributed by atoms with Crippen LogP contribution in [-0.4, -0.2) is 30.5 Å². The van der Waals surface area contributed by atoms with E-state index >= 15 is 0 Å². The van der Waals surface area contributed by atoms with Crippen molar-refractivity contribution >= 4 is 23.3 Å². The molecule has 0 saturated carbocycles. The van der Waals surface area contributed by atoms with E-state index in [0.717, 1.165) is 11.1 Å². The van der Waals surface area contributed by atoms with Crippen LogP contribution in [0, 0.1) is 19.8 Å². The smallest absolute Gasteiger partial charge is 0.230 e. The molecule has 2 amide bonds. The van der Waals surface area contributed by atoms with E-state index in [0.29, 0.717) is 23.8 Å². The van der Waals surface area contributed by atoms with Gasteiger partial charge in [0.05, 0.1) is 18.7 Å². The van der Waals surface area contributed by atoms with Crippen molar-refractivity contribution in [3.05, 3.63) is 47.7 Å². The molecule has 0 unspecified atom stereocenters. The number of aromatic nitrogens is 1. The molecule has 3 rings (SSSR count). The van der Waals surface area contributed by atoms with Gasteiger partial charge in [0.25, 0.3) is 0 Å². The van der Waals surface area contributed by atoms with E-state index in [2.05, 4.69) is 10.3 Å². The Bertz CT molecular complexity index is 819. The average molecular weight is 339 g/mol. The van der Waals surface area contributed by atoms with Crippen molar-refractivity contribution in [3.8, 4) is 5.75 Å². The quantitative estimate of drug-likeness (QED) is 0.930. The van der Waals surface area contributed by atoms with Gasteiger partial charge in [-0.3, -0.25) is 9.59 Å². The molecule has 25 heavy (non-hydrogen) atoms. The molecule has 0 aliphatic carbocycles. The topological polar surface area (TPSA) is 71.5 Å². The number of carbonyl (C=O) groups excluding carboxylic acids is 2. The maximum absolute atomic E-state index is 12.5. The molecular weight excluding hydrogens is 318 g/mol. The summed E-state index contributed by atoms with van der Waals surface area (Å²) in [7, 11) is 1.57. The molecule has 1 aromatic carbocycles. The van der Waals surface area contributed by atoms with Crippen LogP contribution in [0.2, 0.25) is 0 Å². The Labute approximate surface area is 146 Å². The van der Waals surface area contributed by atoms with E-state index in [1.165, 1.54) is 0 Å². The van der Waals surface area contributed by atoms with E-state index in [1.54, 1.807) is 24.3 Å². The van der Waals surface area contributed by atoms with Gasteiger partial charge < -0.3 is 15.0 Å². The monoisotopic (exact) mass is 339 g/mol. The zero-order valence-corrected chi connectivity index (χ0v) is 14.6. The summed E-state index contributed by atoms with van der Waals surface area (Å²) in [5.74, 6) is 0.436. The van der Waals surface area contributed by atoms with E-state index in [9.17, 15) is 9.59 Å². The number of ether oxygens (including phenoxy) is 1. The molecule has 2 heterocycles. The number of amides is 2. The third-order valence-electron chi connectivity index (χ3n) is 4.29. The highest BCUT2D eigenvalue weighted by Gasteiger charge is 2.36. The molecule has 130 valence electrons. The standard InChI is InChI=1S/C19H21N3O3/c1-12-4-5-16(25-3)15(8-12)22-11-14(10-18(22)23)19(24)21-17-9-13(2)6-7-20-17/h4-9,14H,10-11H2,1-3H3,(H,20,21,24)/t14-/m0/s1. The van der Waals surface area contributed by atoms with Crippen molar-refractivity contribution in [2.24, 2.45) is 5.92 Å². The minimum Gasteiger partial charge on any atom is -0.495 e. The summed E-state index contributed by atoms with van der Waals surface area (Å²) in [5.41, 5.74) is 2.75. The number of rotatable bonds is 4. The van der Waals surface area contributed by atoms with E-state index in [-0.39, 0.29) is 18.2 Å². The van der Waals surface area contributed by atoms with Gasteiger partial charge >= 0.3 is 0 Å². The predicted octanol–water partition coefficient (Wildman–Crippen LogP) is 2.70. The fraction of sp³-hybridized carbons (Fsp3) is 0.316. The second kappa shape index (κ2) is 6.93. The molecule has 0 radical (unpaired) electrons. The summed E-state index contributed by atoms with van der Waals surface area (Å²) in [6.45, 7) is 4.22. The number of pyridine rings is 1. The molecule has 1 saturated heterocycles. The van der Waals surface area contributed by atoms with Crippen LogP contribution in [0.1, 0.15) is 17.5 Å². The maximum atomic E-state index is 12.5. The third kappa shape index (κ3) is 3.63. The largest absolute Gasteiger partial charge is 0.495 e. The van der Waals surface area contributed by atoms with Gasteiger partial charge in [-0.1, -0.05) is 6.07 Å². The Balaban J connectivity index is 1.76. The van der Waals surface area contributed by atoms with Crippen LogP contribution in [0.5, 0.6) is 5.75 Å². The molecule has 1 fully saturated rings. The number of methoxy groups -OCH3 is 1. The van der Waals surface area contributed by atoms with Crippen molar-refractivity contribution < 1.29 is 14.3 Å². The summed E-state index contributed by atoms with van der Waals surface area (Å²) < 4.78 is 5.36. The van der Waals surface area contributed by atoms with Gasteiger partial charge in [0.2, 0.25) is 11.8 Å². The molecule has 1 N–H and O–H groups in total. The van der Waals surface area contributed by atoms with Crippen LogP contribution in [-0.2, 0) is 9.59 Å². The Morgan fingerprint density at radius 2 is 2.00 bits per heavy atom. The van der Waals surface area contributed by atoms with Gasteiger partial charge in [-0.15, -0.1) is 0 Å². The van der Waals surface area contributed by atoms with Crippen LogP contribution >= 0.6 is 0 Å². The van der Waals surface area contributed by atoms with E-state index in [1.807, 2.05) is 38.1 Å². The SMILES string of the molecule is COc1ccc(C)cc1N1C[C@@H](C(=O)Nc2cc(C)ccn2)CC1=O. The Morgan fingerprint density at radius 3 is 2.72 bits per heavy atom. The van der Waals surface area contributed by atoms with Gasteiger partial charge in [0, 0.05) is 19.2 Å². The minimum absolute atomic E-state index is 0.0822. The van der Waals surface area contributed by atoms with Crippen molar-refractivity contribution in [1.29, 1.82) is 0 Å². The lowest BCUT2D eigenvalue weighted by molar-refractivity contribution is -0.122. The summed E-state index contributed by atoms with van der Waals surface area (Å²) in [5, 5.41) is 2.80. The van der Waals surface area contributed by atoms with Gasteiger partial charge in [-0.05, 0) is 49.2 Å². The van der Waals surface area contributed by atoms with Crippen molar-refractivity contribution in [2.75, 3.05) is 23.9 Å². The predicted molar refractivity (Wildman–Crippen MR) is 95.8 cm³/mol. The number of aryl methyl sites for hydroxylation is 2. The molecule has 1 atom stereocenters. The number of anilines is 2. The highest BCUT2D eigenvalue weighted by molar-refractivity contribution is 6.04. The number of nitrogens with one attached hydrogen (secondary N) is 1. The fourth-order valence-corrected chi connectivity index (χ4v) is 2.96. The van der Waals surface area contributed by atoms with Crippen molar-refractivity contribution in [1.82, 2.24) is 4.98 Å². The lowest BCUT2D eigenvalue weighted by Gasteiger charge is -2.20. The first-order chi connectivity index (χ1) is 12.0. The zero-order valence-electron chi connectivity index (χ0n) is 14.6. The van der Waals surface area contributed by atoms with Gasteiger partial charge in [-0.25, -0.2) is 4.98 Å². The summed E-state index contributed by atoms with van der Waals surface area (Å²) in [6.07, 6.45) is 1.82. The van der Waals surface area contributed by atoms with Crippen LogP contribution in [0.15, 0.2) is 36.5 Å². The van der Waals surface area contributed by atoms with Crippen LogP contribution < -0.4 is 15.0 Å². The molecule has 0 bridgehead atoms. The first-order valence-electron chi connectivity index (χ1n) is 8.16. The Morgan fingerprint density at radius 1 is 1.24 bits per heavy atom. The first-order valence-corrected chi connectivity index (χ1v) is 8.16. The van der Waals surface area contributed by atoms with E-state index < -0.39 is 5.92 Å². The van der Waals surface area contributed by atoms with Gasteiger partial charge in [0.15, 0.2) is 0 Å². The molecule has 1 aliphatic heterocycles. The zero-order chi connectivity index (χ0) is 18.0. The molecule has 1 aromatic heterocycles.